The van der Waals surface area contributed by atoms with Crippen LogP contribution in [-0.4, -0.2) is 29.6 Å². The van der Waals surface area contributed by atoms with E-state index in [1.165, 1.54) is 0 Å². The van der Waals surface area contributed by atoms with Gasteiger partial charge in [-0.25, -0.2) is 0 Å². The SMILES string of the molecule is CC1=C[C@@H]2N(c3ccccc31)[C@H](C(=O)C(C)(C)C)[C@@H](C(=O)c1ccccc1)[C@@]21C(=O)Nc2ccccc21. The molecule has 3 aromatic carbocycles. The second kappa shape index (κ2) is 8.01. The highest BCUT2D eigenvalue weighted by Crippen LogP contribution is 2.59. The number of hydrogen-bond acceptors (Lipinski definition) is 4. The number of rotatable bonds is 3. The molecule has 186 valence electrons. The van der Waals surface area contributed by atoms with E-state index in [4.69, 9.17) is 0 Å². The first-order valence-electron chi connectivity index (χ1n) is 12.8. The number of ketones is 2. The Hall–Kier alpha value is -3.99. The number of Topliss-reactive ketones (excluding diaryl/α,β-unsaturated/α-hetero) is 2. The largest absolute Gasteiger partial charge is 0.352 e. The van der Waals surface area contributed by atoms with E-state index >= 15 is 0 Å². The molecule has 1 spiro atoms. The third-order valence-electron chi connectivity index (χ3n) is 8.23. The number of hydrogen-bond donors (Lipinski definition) is 1. The van der Waals surface area contributed by atoms with Crippen LogP contribution in [0.3, 0.4) is 0 Å². The Morgan fingerprint density at radius 2 is 1.54 bits per heavy atom. The second-order valence-electron chi connectivity index (χ2n) is 11.4. The van der Waals surface area contributed by atoms with Crippen LogP contribution in [0.25, 0.3) is 5.57 Å². The molecule has 3 aliphatic rings. The van der Waals surface area contributed by atoms with E-state index in [1.807, 2.05) is 94.4 Å². The van der Waals surface area contributed by atoms with Crippen LogP contribution in [0.4, 0.5) is 11.4 Å². The Bertz CT molecular complexity index is 1480. The smallest absolute Gasteiger partial charge is 0.238 e. The molecule has 4 atom stereocenters. The molecule has 3 aromatic rings. The number of anilines is 2. The number of carbonyl (C=O) groups is 3. The van der Waals surface area contributed by atoms with Gasteiger partial charge in [-0.05, 0) is 30.2 Å². The van der Waals surface area contributed by atoms with Gasteiger partial charge in [0.15, 0.2) is 11.6 Å². The van der Waals surface area contributed by atoms with Gasteiger partial charge in [-0.15, -0.1) is 0 Å². The Kier molecular flexibility index (Phi) is 5.07. The lowest BCUT2D eigenvalue weighted by Crippen LogP contribution is -2.51. The first kappa shape index (κ1) is 23.4. The Morgan fingerprint density at radius 3 is 2.27 bits per heavy atom. The summed E-state index contributed by atoms with van der Waals surface area (Å²) in [6.45, 7) is 7.70. The molecular weight excluding hydrogens is 460 g/mol. The van der Waals surface area contributed by atoms with Crippen LogP contribution in [0.15, 0.2) is 84.9 Å². The quantitative estimate of drug-likeness (QED) is 0.481. The Morgan fingerprint density at radius 1 is 0.892 bits per heavy atom. The lowest BCUT2D eigenvalue weighted by molar-refractivity contribution is -0.128. The molecule has 0 unspecified atom stereocenters. The van der Waals surface area contributed by atoms with Gasteiger partial charge in [0.1, 0.15) is 11.5 Å². The molecule has 3 heterocycles. The van der Waals surface area contributed by atoms with Crippen molar-refractivity contribution in [1.29, 1.82) is 0 Å². The van der Waals surface area contributed by atoms with E-state index in [0.717, 1.165) is 22.4 Å². The first-order valence-corrected chi connectivity index (χ1v) is 12.8. The molecule has 1 N–H and O–H groups in total. The van der Waals surface area contributed by atoms with E-state index in [1.54, 1.807) is 12.1 Å². The van der Waals surface area contributed by atoms with Crippen molar-refractivity contribution in [2.24, 2.45) is 11.3 Å². The van der Waals surface area contributed by atoms with Crippen LogP contribution < -0.4 is 10.2 Å². The van der Waals surface area contributed by atoms with Crippen molar-refractivity contribution in [3.63, 3.8) is 0 Å². The van der Waals surface area contributed by atoms with Crippen molar-refractivity contribution in [2.45, 2.75) is 45.2 Å². The molecule has 1 saturated heterocycles. The first-order chi connectivity index (χ1) is 17.7. The van der Waals surface area contributed by atoms with Gasteiger partial charge >= 0.3 is 0 Å². The minimum absolute atomic E-state index is 0.0522. The molecule has 37 heavy (non-hydrogen) atoms. The lowest BCUT2D eigenvalue weighted by atomic mass is 9.63. The Labute approximate surface area is 217 Å². The number of allylic oxidation sites excluding steroid dienone is 1. The van der Waals surface area contributed by atoms with Crippen molar-refractivity contribution in [2.75, 3.05) is 10.2 Å². The Balaban J connectivity index is 1.71. The maximum absolute atomic E-state index is 14.6. The second-order valence-corrected chi connectivity index (χ2v) is 11.4. The normalized spacial score (nSPS) is 25.7. The van der Waals surface area contributed by atoms with E-state index in [0.29, 0.717) is 11.3 Å². The van der Waals surface area contributed by atoms with Crippen molar-refractivity contribution in [1.82, 2.24) is 0 Å². The van der Waals surface area contributed by atoms with Gasteiger partial charge in [-0.3, -0.25) is 14.4 Å². The summed E-state index contributed by atoms with van der Waals surface area (Å²) in [4.78, 5) is 45.3. The molecule has 3 aliphatic heterocycles. The zero-order chi connectivity index (χ0) is 26.1. The molecule has 0 saturated carbocycles. The molecule has 6 rings (SSSR count). The zero-order valence-electron chi connectivity index (χ0n) is 21.5. The standard InChI is InChI=1S/C32H30N2O3/c1-19-18-25-32(22-15-9-10-16-23(22)33-30(32)37)26(28(35)20-12-6-5-7-13-20)27(29(36)31(2,3)4)34(25)24-17-11-8-14-21(19)24/h5-18,25-27H,1-4H3,(H,33,37)/t25-,26-,27-,32-/m0/s1. The fraction of sp³-hybridized carbons (Fsp3) is 0.281. The summed E-state index contributed by atoms with van der Waals surface area (Å²) in [7, 11) is 0. The van der Waals surface area contributed by atoms with Crippen molar-refractivity contribution >= 4 is 34.4 Å². The van der Waals surface area contributed by atoms with Gasteiger partial charge in [0, 0.05) is 27.9 Å². The molecule has 5 nitrogen and oxygen atoms in total. The minimum Gasteiger partial charge on any atom is -0.352 e. The van der Waals surface area contributed by atoms with Crippen LogP contribution in [0.2, 0.25) is 0 Å². The number of nitrogens with one attached hydrogen (secondary N) is 1. The average molecular weight is 491 g/mol. The zero-order valence-corrected chi connectivity index (χ0v) is 21.5. The van der Waals surface area contributed by atoms with Gasteiger partial charge in [-0.1, -0.05) is 93.6 Å². The number of carbonyl (C=O) groups excluding carboxylic acids is 3. The maximum Gasteiger partial charge on any atom is 0.238 e. The van der Waals surface area contributed by atoms with Gasteiger partial charge in [0.05, 0.1) is 12.0 Å². The third kappa shape index (κ3) is 3.13. The molecule has 0 aliphatic carbocycles. The van der Waals surface area contributed by atoms with Gasteiger partial charge < -0.3 is 10.2 Å². The monoisotopic (exact) mass is 490 g/mol. The highest BCUT2D eigenvalue weighted by Gasteiger charge is 2.71. The van der Waals surface area contributed by atoms with E-state index in [2.05, 4.69) is 16.3 Å². The van der Waals surface area contributed by atoms with Crippen molar-refractivity contribution in [3.8, 4) is 0 Å². The lowest BCUT2D eigenvalue weighted by Gasteiger charge is -2.39. The maximum atomic E-state index is 14.6. The molecule has 1 fully saturated rings. The van der Waals surface area contributed by atoms with Crippen LogP contribution in [-0.2, 0) is 15.0 Å². The molecular formula is C32H30N2O3. The summed E-state index contributed by atoms with van der Waals surface area (Å²) in [5, 5.41) is 3.08. The predicted molar refractivity (Wildman–Crippen MR) is 146 cm³/mol. The molecule has 1 amide bonds. The van der Waals surface area contributed by atoms with Crippen LogP contribution in [0, 0.1) is 11.3 Å². The van der Waals surface area contributed by atoms with Gasteiger partial charge in [-0.2, -0.15) is 0 Å². The fourth-order valence-corrected chi connectivity index (χ4v) is 6.61. The number of para-hydroxylation sites is 2. The van der Waals surface area contributed by atoms with Crippen LogP contribution in [0.5, 0.6) is 0 Å². The number of nitrogens with zero attached hydrogens (tertiary/aromatic N) is 1. The number of fused-ring (bicyclic) bond motifs is 6. The van der Waals surface area contributed by atoms with Crippen molar-refractivity contribution < 1.29 is 14.4 Å². The van der Waals surface area contributed by atoms with E-state index in [9.17, 15) is 14.4 Å². The van der Waals surface area contributed by atoms with E-state index < -0.39 is 28.8 Å². The number of amides is 1. The topological polar surface area (TPSA) is 66.5 Å². The van der Waals surface area contributed by atoms with Gasteiger partial charge in [0.25, 0.3) is 0 Å². The summed E-state index contributed by atoms with van der Waals surface area (Å²) in [6, 6.07) is 23.3. The van der Waals surface area contributed by atoms with Crippen LogP contribution >= 0.6 is 0 Å². The highest BCUT2D eigenvalue weighted by molar-refractivity contribution is 6.17. The molecule has 0 radical (unpaired) electrons. The summed E-state index contributed by atoms with van der Waals surface area (Å²) >= 11 is 0. The highest BCUT2D eigenvalue weighted by atomic mass is 16.2. The summed E-state index contributed by atoms with van der Waals surface area (Å²) in [5.41, 5.74) is 2.92. The third-order valence-corrected chi connectivity index (χ3v) is 8.23. The number of benzene rings is 3. The molecule has 0 bridgehead atoms. The predicted octanol–water partition coefficient (Wildman–Crippen LogP) is 5.67. The summed E-state index contributed by atoms with van der Waals surface area (Å²) in [5.74, 6) is -1.38. The van der Waals surface area contributed by atoms with Gasteiger partial charge in [0.2, 0.25) is 5.91 Å². The summed E-state index contributed by atoms with van der Waals surface area (Å²) in [6.07, 6.45) is 2.09. The average Bonchev–Trinajstić information content (AvgIpc) is 3.36. The van der Waals surface area contributed by atoms with Crippen LogP contribution in [0.1, 0.15) is 49.2 Å². The minimum atomic E-state index is -1.26. The van der Waals surface area contributed by atoms with E-state index in [-0.39, 0.29) is 17.5 Å². The van der Waals surface area contributed by atoms with Crippen molar-refractivity contribution in [3.05, 3.63) is 102 Å². The fourth-order valence-electron chi connectivity index (χ4n) is 6.61. The molecule has 0 aromatic heterocycles. The molecule has 5 heteroatoms. The summed E-state index contributed by atoms with van der Waals surface area (Å²) < 4.78 is 0.